The van der Waals surface area contributed by atoms with E-state index in [-0.39, 0.29) is 5.54 Å². The van der Waals surface area contributed by atoms with Crippen molar-refractivity contribution >= 4 is 17.3 Å². The number of benzene rings is 1. The summed E-state index contributed by atoms with van der Waals surface area (Å²) in [7, 11) is 2.14. The molecule has 0 aliphatic rings. The van der Waals surface area contributed by atoms with Crippen molar-refractivity contribution in [3.63, 3.8) is 0 Å². The topological polar surface area (TPSA) is 15.3 Å². The molecule has 3 heteroatoms. The van der Waals surface area contributed by atoms with Crippen LogP contribution < -0.4 is 10.2 Å². The van der Waals surface area contributed by atoms with Gasteiger partial charge < -0.3 is 10.2 Å². The van der Waals surface area contributed by atoms with Crippen molar-refractivity contribution in [2.45, 2.75) is 52.6 Å². The molecule has 0 atom stereocenters. The van der Waals surface area contributed by atoms with E-state index in [1.807, 2.05) is 12.1 Å². The van der Waals surface area contributed by atoms with Crippen molar-refractivity contribution in [2.24, 2.45) is 0 Å². The minimum atomic E-state index is 0.0957. The van der Waals surface area contributed by atoms with Gasteiger partial charge in [0.1, 0.15) is 0 Å². The van der Waals surface area contributed by atoms with Crippen LogP contribution in [-0.4, -0.2) is 19.1 Å². The number of nitrogens with zero attached hydrogens (tertiary/aromatic N) is 1. The predicted molar refractivity (Wildman–Crippen MR) is 86.2 cm³/mol. The molecule has 19 heavy (non-hydrogen) atoms. The molecule has 0 unspecified atom stereocenters. The Hall–Kier alpha value is -0.730. The molecule has 1 aromatic rings. The van der Waals surface area contributed by atoms with Crippen molar-refractivity contribution in [1.82, 2.24) is 5.32 Å². The highest BCUT2D eigenvalue weighted by molar-refractivity contribution is 6.31. The molecular weight excluding hydrogens is 256 g/mol. The van der Waals surface area contributed by atoms with E-state index in [4.69, 9.17) is 11.6 Å². The molecule has 0 aliphatic carbocycles. The molecule has 1 rings (SSSR count). The molecule has 0 amide bonds. The van der Waals surface area contributed by atoms with E-state index < -0.39 is 0 Å². The zero-order valence-electron chi connectivity index (χ0n) is 12.9. The summed E-state index contributed by atoms with van der Waals surface area (Å²) in [4.78, 5) is 2.30. The Morgan fingerprint density at radius 1 is 1.26 bits per heavy atom. The fourth-order valence-corrected chi connectivity index (χ4v) is 2.19. The van der Waals surface area contributed by atoms with Gasteiger partial charge in [0, 0.05) is 41.9 Å². The predicted octanol–water partition coefficient (Wildman–Crippen LogP) is 4.46. The van der Waals surface area contributed by atoms with E-state index >= 15 is 0 Å². The number of anilines is 1. The van der Waals surface area contributed by atoms with Crippen LogP contribution in [0.2, 0.25) is 5.02 Å². The van der Waals surface area contributed by atoms with Crippen LogP contribution in [0, 0.1) is 0 Å². The zero-order chi connectivity index (χ0) is 14.5. The molecule has 1 N–H and O–H groups in total. The van der Waals surface area contributed by atoms with E-state index in [2.05, 4.69) is 51.0 Å². The van der Waals surface area contributed by atoms with Gasteiger partial charge in [-0.15, -0.1) is 0 Å². The standard InChI is InChI=1S/C16H27ClN2/c1-6-7-11-19(5)15-10-8-9-14(17)13(15)12-18-16(2,3)4/h8-10,18H,6-7,11-12H2,1-5H3. The van der Waals surface area contributed by atoms with Gasteiger partial charge in [-0.25, -0.2) is 0 Å². The second-order valence-electron chi connectivity index (χ2n) is 6.12. The highest BCUT2D eigenvalue weighted by Gasteiger charge is 2.14. The summed E-state index contributed by atoms with van der Waals surface area (Å²) in [6.45, 7) is 10.6. The van der Waals surface area contributed by atoms with Crippen LogP contribution in [0.1, 0.15) is 46.1 Å². The van der Waals surface area contributed by atoms with E-state index in [1.165, 1.54) is 24.1 Å². The Morgan fingerprint density at radius 3 is 2.53 bits per heavy atom. The minimum Gasteiger partial charge on any atom is -0.374 e. The molecule has 0 fully saturated rings. The molecule has 0 saturated carbocycles. The summed E-state index contributed by atoms with van der Waals surface area (Å²) in [6.07, 6.45) is 2.41. The maximum absolute atomic E-state index is 6.37. The van der Waals surface area contributed by atoms with Crippen LogP contribution >= 0.6 is 11.6 Å². The molecule has 108 valence electrons. The lowest BCUT2D eigenvalue weighted by Gasteiger charge is -2.26. The van der Waals surface area contributed by atoms with E-state index in [0.29, 0.717) is 0 Å². The zero-order valence-corrected chi connectivity index (χ0v) is 13.6. The van der Waals surface area contributed by atoms with E-state index in [9.17, 15) is 0 Å². The first-order valence-electron chi connectivity index (χ1n) is 7.08. The van der Waals surface area contributed by atoms with Crippen molar-refractivity contribution < 1.29 is 0 Å². The average Bonchev–Trinajstić information content (AvgIpc) is 2.33. The molecule has 0 radical (unpaired) electrons. The molecule has 0 heterocycles. The van der Waals surface area contributed by atoms with Crippen LogP contribution in [0.15, 0.2) is 18.2 Å². The quantitative estimate of drug-likeness (QED) is 0.828. The summed E-state index contributed by atoms with van der Waals surface area (Å²) in [5, 5.41) is 4.36. The number of rotatable bonds is 6. The fourth-order valence-electron chi connectivity index (χ4n) is 1.95. The van der Waals surface area contributed by atoms with Crippen LogP contribution in [0.4, 0.5) is 5.69 Å². The lowest BCUT2D eigenvalue weighted by atomic mass is 10.1. The molecular formula is C16H27ClN2. The number of hydrogen-bond donors (Lipinski definition) is 1. The summed E-state index contributed by atoms with van der Waals surface area (Å²) in [6, 6.07) is 6.15. The third-order valence-corrected chi connectivity index (χ3v) is 3.50. The maximum Gasteiger partial charge on any atom is 0.0471 e. The lowest BCUT2D eigenvalue weighted by Crippen LogP contribution is -2.35. The second kappa shape index (κ2) is 7.16. The molecule has 1 aromatic carbocycles. The van der Waals surface area contributed by atoms with Gasteiger partial charge in [-0.2, -0.15) is 0 Å². The lowest BCUT2D eigenvalue weighted by molar-refractivity contribution is 0.424. The monoisotopic (exact) mass is 282 g/mol. The second-order valence-corrected chi connectivity index (χ2v) is 6.52. The van der Waals surface area contributed by atoms with Crippen molar-refractivity contribution in [3.8, 4) is 0 Å². The third kappa shape index (κ3) is 5.42. The van der Waals surface area contributed by atoms with Gasteiger partial charge in [-0.1, -0.05) is 31.0 Å². The van der Waals surface area contributed by atoms with Crippen LogP contribution in [0.25, 0.3) is 0 Å². The molecule has 2 nitrogen and oxygen atoms in total. The Balaban J connectivity index is 2.88. The Labute approximate surface area is 123 Å². The van der Waals surface area contributed by atoms with E-state index in [1.54, 1.807) is 0 Å². The number of halogens is 1. The largest absolute Gasteiger partial charge is 0.374 e. The highest BCUT2D eigenvalue weighted by Crippen LogP contribution is 2.27. The van der Waals surface area contributed by atoms with Crippen LogP contribution in [-0.2, 0) is 6.54 Å². The summed E-state index contributed by atoms with van der Waals surface area (Å²) >= 11 is 6.37. The Kier molecular flexibility index (Phi) is 6.15. The molecule has 0 saturated heterocycles. The third-order valence-electron chi connectivity index (χ3n) is 3.15. The Morgan fingerprint density at radius 2 is 1.95 bits per heavy atom. The van der Waals surface area contributed by atoms with Crippen molar-refractivity contribution in [3.05, 3.63) is 28.8 Å². The number of hydrogen-bond acceptors (Lipinski definition) is 2. The number of unbranched alkanes of at least 4 members (excludes halogenated alkanes) is 1. The maximum atomic E-state index is 6.37. The van der Waals surface area contributed by atoms with Gasteiger partial charge in [0.2, 0.25) is 0 Å². The average molecular weight is 283 g/mol. The molecule has 0 aliphatic heterocycles. The fraction of sp³-hybridized carbons (Fsp3) is 0.625. The van der Waals surface area contributed by atoms with Gasteiger partial charge in [0.15, 0.2) is 0 Å². The first kappa shape index (κ1) is 16.3. The normalized spacial score (nSPS) is 11.7. The molecule has 0 aromatic heterocycles. The SMILES string of the molecule is CCCCN(C)c1cccc(Cl)c1CNC(C)(C)C. The smallest absolute Gasteiger partial charge is 0.0471 e. The van der Waals surface area contributed by atoms with Crippen LogP contribution in [0.3, 0.4) is 0 Å². The van der Waals surface area contributed by atoms with Gasteiger partial charge >= 0.3 is 0 Å². The number of nitrogens with one attached hydrogen (secondary N) is 1. The van der Waals surface area contributed by atoms with Gasteiger partial charge in [-0.05, 0) is 39.3 Å². The highest BCUT2D eigenvalue weighted by atomic mass is 35.5. The minimum absolute atomic E-state index is 0.0957. The van der Waals surface area contributed by atoms with Crippen LogP contribution in [0.5, 0.6) is 0 Å². The first-order chi connectivity index (χ1) is 8.85. The summed E-state index contributed by atoms with van der Waals surface area (Å²) in [5.41, 5.74) is 2.52. The Bertz CT molecular complexity index is 396. The first-order valence-corrected chi connectivity index (χ1v) is 7.46. The summed E-state index contributed by atoms with van der Waals surface area (Å²) in [5.74, 6) is 0. The van der Waals surface area contributed by atoms with E-state index in [0.717, 1.165) is 18.1 Å². The molecule has 0 spiro atoms. The van der Waals surface area contributed by atoms with Gasteiger partial charge in [0.05, 0.1) is 0 Å². The van der Waals surface area contributed by atoms with Crippen molar-refractivity contribution in [1.29, 1.82) is 0 Å². The summed E-state index contributed by atoms with van der Waals surface area (Å²) < 4.78 is 0. The molecule has 0 bridgehead atoms. The van der Waals surface area contributed by atoms with Gasteiger partial charge in [0.25, 0.3) is 0 Å². The van der Waals surface area contributed by atoms with Gasteiger partial charge in [-0.3, -0.25) is 0 Å². The van der Waals surface area contributed by atoms with Crippen molar-refractivity contribution in [2.75, 3.05) is 18.5 Å².